The molecule has 0 aliphatic heterocycles. The molecular weight excluding hydrogens is 389 g/mol. The summed E-state index contributed by atoms with van der Waals surface area (Å²) < 4.78 is 26.2. The number of carbonyl (C=O) groups is 2. The maximum Gasteiger partial charge on any atom is 0.321 e. The second kappa shape index (κ2) is 10.6. The fourth-order valence-electron chi connectivity index (χ4n) is 2.32. The van der Waals surface area contributed by atoms with Crippen LogP contribution in [0.25, 0.3) is 0 Å². The van der Waals surface area contributed by atoms with Gasteiger partial charge in [0.1, 0.15) is 6.61 Å². The molecule has 1 aromatic heterocycles. The topological polar surface area (TPSA) is 107 Å². The molecule has 2 N–H and O–H groups in total. The molecule has 1 aromatic carbocycles. The highest BCUT2D eigenvalue weighted by molar-refractivity contribution is 7.99. The number of nitrogens with zero attached hydrogens (tertiary/aromatic N) is 3. The number of halogens is 1. The van der Waals surface area contributed by atoms with Gasteiger partial charge in [-0.15, -0.1) is 10.2 Å². The van der Waals surface area contributed by atoms with E-state index in [1.165, 1.54) is 19.2 Å². The van der Waals surface area contributed by atoms with Crippen LogP contribution < -0.4 is 15.4 Å². The van der Waals surface area contributed by atoms with E-state index >= 15 is 0 Å². The number of benzene rings is 1. The molecule has 2 aromatic rings. The smallest absolute Gasteiger partial charge is 0.321 e. The molecule has 1 heterocycles. The van der Waals surface area contributed by atoms with Crippen LogP contribution in [-0.2, 0) is 16.1 Å². The Morgan fingerprint density at radius 1 is 1.32 bits per heavy atom. The molecule has 28 heavy (non-hydrogen) atoms. The summed E-state index contributed by atoms with van der Waals surface area (Å²) in [6, 6.07) is 5.34. The van der Waals surface area contributed by atoms with Gasteiger partial charge in [0.25, 0.3) is 0 Å². The first-order valence-electron chi connectivity index (χ1n) is 8.40. The van der Waals surface area contributed by atoms with Crippen molar-refractivity contribution in [3.8, 4) is 5.75 Å². The number of imide groups is 1. The summed E-state index contributed by atoms with van der Waals surface area (Å²) in [5.74, 6) is -0.404. The Hall–Kier alpha value is -2.66. The van der Waals surface area contributed by atoms with E-state index in [2.05, 4.69) is 20.8 Å². The molecule has 0 aliphatic rings. The molecule has 9 nitrogen and oxygen atoms in total. The molecule has 0 bridgehead atoms. The Kier molecular flexibility index (Phi) is 8.20. The largest absolute Gasteiger partial charge is 0.483 e. The zero-order chi connectivity index (χ0) is 20.5. The molecule has 0 aliphatic carbocycles. The van der Waals surface area contributed by atoms with E-state index in [1.54, 1.807) is 23.8 Å². The van der Waals surface area contributed by atoms with Crippen LogP contribution in [0.1, 0.15) is 18.8 Å². The van der Waals surface area contributed by atoms with Gasteiger partial charge in [-0.2, -0.15) is 0 Å². The number of aromatic nitrogens is 3. The third kappa shape index (κ3) is 5.92. The predicted octanol–water partition coefficient (Wildman–Crippen LogP) is 1.75. The number of rotatable bonds is 9. The third-order valence-corrected chi connectivity index (χ3v) is 4.53. The molecule has 0 spiro atoms. The molecule has 0 saturated carbocycles. The number of hydrogen-bond donors (Lipinski definition) is 2. The quantitative estimate of drug-likeness (QED) is 0.605. The van der Waals surface area contributed by atoms with Crippen molar-refractivity contribution in [2.75, 3.05) is 26.5 Å². The first kappa shape index (κ1) is 21.6. The highest BCUT2D eigenvalue weighted by Crippen LogP contribution is 2.23. The lowest BCUT2D eigenvalue weighted by molar-refractivity contribution is -0.117. The van der Waals surface area contributed by atoms with Gasteiger partial charge in [-0.1, -0.05) is 23.9 Å². The Morgan fingerprint density at radius 3 is 2.75 bits per heavy atom. The second-order valence-corrected chi connectivity index (χ2v) is 6.65. The molecule has 0 fully saturated rings. The van der Waals surface area contributed by atoms with Crippen LogP contribution in [-0.4, -0.2) is 53.2 Å². The standard InChI is InChI=1S/C17H22FN5O4S/c1-11(8-26-3)23-14(9-27-13-7-5-4-6-12(13)18)21-22-17(23)28-10-15(24)20-16(25)19-2/h4-7,11H,8-10H2,1-3H3,(H2,19,20,24,25)/t11-/m1/s1. The molecule has 152 valence electrons. The van der Waals surface area contributed by atoms with Crippen LogP contribution in [0.4, 0.5) is 9.18 Å². The van der Waals surface area contributed by atoms with Crippen molar-refractivity contribution < 1.29 is 23.5 Å². The van der Waals surface area contributed by atoms with Gasteiger partial charge in [-0.05, 0) is 19.1 Å². The highest BCUT2D eigenvalue weighted by atomic mass is 32.2. The number of hydrogen-bond acceptors (Lipinski definition) is 7. The van der Waals surface area contributed by atoms with E-state index in [4.69, 9.17) is 9.47 Å². The highest BCUT2D eigenvalue weighted by Gasteiger charge is 2.20. The summed E-state index contributed by atoms with van der Waals surface area (Å²) in [5.41, 5.74) is 0. The van der Waals surface area contributed by atoms with Crippen molar-refractivity contribution >= 4 is 23.7 Å². The van der Waals surface area contributed by atoms with Gasteiger partial charge in [0, 0.05) is 14.2 Å². The number of carbonyl (C=O) groups excluding carboxylic acids is 2. The Balaban J connectivity index is 2.11. The number of methoxy groups -OCH3 is 1. The fraction of sp³-hybridized carbons (Fsp3) is 0.412. The van der Waals surface area contributed by atoms with Crippen LogP contribution in [0, 0.1) is 5.82 Å². The fourth-order valence-corrected chi connectivity index (χ4v) is 3.18. The number of urea groups is 1. The van der Waals surface area contributed by atoms with Gasteiger partial charge in [0.2, 0.25) is 5.91 Å². The first-order valence-corrected chi connectivity index (χ1v) is 9.39. The number of para-hydroxylation sites is 1. The van der Waals surface area contributed by atoms with Crippen LogP contribution in [0.2, 0.25) is 0 Å². The summed E-state index contributed by atoms with van der Waals surface area (Å²) in [6.07, 6.45) is 0. The average molecular weight is 411 g/mol. The van der Waals surface area contributed by atoms with Crippen LogP contribution in [0.5, 0.6) is 5.75 Å². The SMILES string of the molecule is CNC(=O)NC(=O)CSc1nnc(COc2ccccc2F)n1[C@H](C)COC. The Bertz CT molecular complexity index is 817. The minimum Gasteiger partial charge on any atom is -0.483 e. The van der Waals surface area contributed by atoms with E-state index in [1.807, 2.05) is 6.92 Å². The molecular formula is C17H22FN5O4S. The summed E-state index contributed by atoms with van der Waals surface area (Å²) in [4.78, 5) is 23.0. The zero-order valence-electron chi connectivity index (χ0n) is 15.8. The third-order valence-electron chi connectivity index (χ3n) is 3.59. The first-order chi connectivity index (χ1) is 13.5. The maximum absolute atomic E-state index is 13.8. The Labute approximate surface area is 166 Å². The van der Waals surface area contributed by atoms with Gasteiger partial charge in [-0.3, -0.25) is 14.7 Å². The molecule has 2 rings (SSSR count). The molecule has 0 radical (unpaired) electrons. The average Bonchev–Trinajstić information content (AvgIpc) is 3.08. The van der Waals surface area contributed by atoms with E-state index < -0.39 is 17.8 Å². The van der Waals surface area contributed by atoms with Crippen molar-refractivity contribution in [3.63, 3.8) is 0 Å². The van der Waals surface area contributed by atoms with Gasteiger partial charge < -0.3 is 14.8 Å². The minimum absolute atomic E-state index is 0.00696. The van der Waals surface area contributed by atoms with Gasteiger partial charge in [-0.25, -0.2) is 9.18 Å². The number of ether oxygens (including phenoxy) is 2. The predicted molar refractivity (Wildman–Crippen MR) is 101 cm³/mol. The summed E-state index contributed by atoms with van der Waals surface area (Å²) in [5, 5.41) is 13.1. The maximum atomic E-state index is 13.8. The van der Waals surface area contributed by atoms with Crippen molar-refractivity contribution in [1.82, 2.24) is 25.4 Å². The second-order valence-electron chi connectivity index (χ2n) is 5.71. The summed E-state index contributed by atoms with van der Waals surface area (Å²) in [6.45, 7) is 2.27. The van der Waals surface area contributed by atoms with Crippen molar-refractivity contribution in [3.05, 3.63) is 35.9 Å². The van der Waals surface area contributed by atoms with E-state index in [0.29, 0.717) is 17.6 Å². The molecule has 3 amide bonds. The van der Waals surface area contributed by atoms with Gasteiger partial charge in [0.15, 0.2) is 22.5 Å². The van der Waals surface area contributed by atoms with Crippen LogP contribution in [0.15, 0.2) is 29.4 Å². The number of thioether (sulfide) groups is 1. The van der Waals surface area contributed by atoms with Crippen molar-refractivity contribution in [1.29, 1.82) is 0 Å². The number of amides is 3. The van der Waals surface area contributed by atoms with E-state index in [0.717, 1.165) is 11.8 Å². The molecule has 11 heteroatoms. The monoisotopic (exact) mass is 411 g/mol. The molecule has 0 saturated heterocycles. The van der Waals surface area contributed by atoms with Gasteiger partial charge >= 0.3 is 6.03 Å². The summed E-state index contributed by atoms with van der Waals surface area (Å²) in [7, 11) is 2.99. The Morgan fingerprint density at radius 2 is 2.07 bits per heavy atom. The van der Waals surface area contributed by atoms with E-state index in [9.17, 15) is 14.0 Å². The van der Waals surface area contributed by atoms with Crippen molar-refractivity contribution in [2.24, 2.45) is 0 Å². The normalized spacial score (nSPS) is 11.7. The summed E-state index contributed by atoms with van der Waals surface area (Å²) >= 11 is 1.12. The van der Waals surface area contributed by atoms with Crippen molar-refractivity contribution in [2.45, 2.75) is 24.7 Å². The van der Waals surface area contributed by atoms with Gasteiger partial charge in [0.05, 0.1) is 18.4 Å². The molecule has 1 atom stereocenters. The molecule has 0 unspecified atom stereocenters. The lowest BCUT2D eigenvalue weighted by Gasteiger charge is -2.17. The van der Waals surface area contributed by atoms with E-state index in [-0.39, 0.29) is 24.2 Å². The van der Waals surface area contributed by atoms with Crippen LogP contribution in [0.3, 0.4) is 0 Å². The zero-order valence-corrected chi connectivity index (χ0v) is 16.6. The lowest BCUT2D eigenvalue weighted by atomic mass is 10.3. The lowest BCUT2D eigenvalue weighted by Crippen LogP contribution is -2.38. The number of nitrogens with one attached hydrogen (secondary N) is 2. The minimum atomic E-state index is -0.584. The van der Waals surface area contributed by atoms with Crippen LogP contribution >= 0.6 is 11.8 Å².